The van der Waals surface area contributed by atoms with Gasteiger partial charge in [0.25, 0.3) is 0 Å². The lowest BCUT2D eigenvalue weighted by Gasteiger charge is -2.35. The van der Waals surface area contributed by atoms with Crippen molar-refractivity contribution in [3.63, 3.8) is 0 Å². The van der Waals surface area contributed by atoms with Crippen LogP contribution in [-0.4, -0.2) is 25.7 Å². The van der Waals surface area contributed by atoms with Crippen LogP contribution in [0.4, 0.5) is 0 Å². The van der Waals surface area contributed by atoms with Gasteiger partial charge in [-0.1, -0.05) is 0 Å². The zero-order valence-corrected chi connectivity index (χ0v) is 5.14. The van der Waals surface area contributed by atoms with E-state index in [1.54, 1.807) is 0 Å². The summed E-state index contributed by atoms with van der Waals surface area (Å²) in [5, 5.41) is 2.72. The number of β-lactam (4-membered cyclic amide) rings is 1. The van der Waals surface area contributed by atoms with E-state index in [2.05, 4.69) is 5.32 Å². The summed E-state index contributed by atoms with van der Waals surface area (Å²) < 4.78 is 5.11. The van der Waals surface area contributed by atoms with Crippen molar-refractivity contribution in [2.75, 3.05) is 19.8 Å². The molecule has 2 aliphatic rings. The fraction of sp³-hybridized carbons (Fsp3) is 0.833. The van der Waals surface area contributed by atoms with Crippen molar-refractivity contribution >= 4 is 5.91 Å². The van der Waals surface area contributed by atoms with Crippen molar-refractivity contribution in [1.29, 1.82) is 0 Å². The molecule has 1 amide bonds. The molecule has 0 aromatic heterocycles. The number of ether oxygens (including phenoxy) is 1. The molecule has 0 aliphatic carbocycles. The van der Waals surface area contributed by atoms with Crippen LogP contribution < -0.4 is 5.32 Å². The topological polar surface area (TPSA) is 38.3 Å². The molecule has 3 nitrogen and oxygen atoms in total. The van der Waals surface area contributed by atoms with Gasteiger partial charge in [-0.15, -0.1) is 0 Å². The number of hydrogen-bond donors (Lipinski definition) is 1. The van der Waals surface area contributed by atoms with Crippen LogP contribution in [0.3, 0.4) is 0 Å². The van der Waals surface area contributed by atoms with Crippen LogP contribution in [0.25, 0.3) is 0 Å². The smallest absolute Gasteiger partial charge is 0.230 e. The van der Waals surface area contributed by atoms with E-state index in [1.165, 1.54) is 0 Å². The first kappa shape index (κ1) is 5.23. The zero-order chi connectivity index (χ0) is 6.32. The van der Waals surface area contributed by atoms with E-state index in [0.29, 0.717) is 6.61 Å². The highest BCUT2D eigenvalue weighted by atomic mass is 16.5. The molecule has 2 aliphatic heterocycles. The molecular formula is C6H9NO2. The third kappa shape index (κ3) is 0.525. The fourth-order valence-electron chi connectivity index (χ4n) is 1.34. The molecule has 50 valence electrons. The van der Waals surface area contributed by atoms with Crippen LogP contribution in [-0.2, 0) is 9.53 Å². The number of carbonyl (C=O) groups is 1. The molecule has 2 saturated heterocycles. The second-order valence-corrected chi connectivity index (χ2v) is 2.77. The minimum Gasteiger partial charge on any atom is -0.380 e. The van der Waals surface area contributed by atoms with E-state index in [1.807, 2.05) is 0 Å². The zero-order valence-electron chi connectivity index (χ0n) is 5.14. The van der Waals surface area contributed by atoms with Crippen molar-refractivity contribution in [2.24, 2.45) is 5.41 Å². The molecule has 9 heavy (non-hydrogen) atoms. The lowest BCUT2D eigenvalue weighted by atomic mass is 9.80. The predicted molar refractivity (Wildman–Crippen MR) is 30.9 cm³/mol. The Kier molecular flexibility index (Phi) is 0.858. The molecule has 0 aromatic carbocycles. The Morgan fingerprint density at radius 3 is 2.78 bits per heavy atom. The number of nitrogens with one attached hydrogen (secondary N) is 1. The van der Waals surface area contributed by atoms with Crippen molar-refractivity contribution in [3.8, 4) is 0 Å². The van der Waals surface area contributed by atoms with Gasteiger partial charge in [0.15, 0.2) is 0 Å². The Morgan fingerprint density at radius 1 is 1.67 bits per heavy atom. The quantitative estimate of drug-likeness (QED) is 0.446. The maximum atomic E-state index is 10.9. The van der Waals surface area contributed by atoms with Crippen LogP contribution in [0, 0.1) is 5.41 Å². The summed E-state index contributed by atoms with van der Waals surface area (Å²) in [7, 11) is 0. The largest absolute Gasteiger partial charge is 0.380 e. The van der Waals surface area contributed by atoms with Gasteiger partial charge < -0.3 is 10.1 Å². The molecule has 1 N–H and O–H groups in total. The number of carbonyl (C=O) groups excluding carboxylic acids is 1. The third-order valence-corrected chi connectivity index (χ3v) is 2.17. The third-order valence-electron chi connectivity index (χ3n) is 2.17. The summed E-state index contributed by atoms with van der Waals surface area (Å²) in [5.41, 5.74) is -0.0972. The number of rotatable bonds is 0. The summed E-state index contributed by atoms with van der Waals surface area (Å²) in [6.07, 6.45) is 0.916. The van der Waals surface area contributed by atoms with Crippen LogP contribution in [0.2, 0.25) is 0 Å². The first-order valence-corrected chi connectivity index (χ1v) is 3.20. The van der Waals surface area contributed by atoms with Crippen LogP contribution in [0.15, 0.2) is 0 Å². The van der Waals surface area contributed by atoms with E-state index in [0.717, 1.165) is 19.6 Å². The van der Waals surface area contributed by atoms with Crippen LogP contribution >= 0.6 is 0 Å². The van der Waals surface area contributed by atoms with Crippen molar-refractivity contribution in [1.82, 2.24) is 5.32 Å². The minimum atomic E-state index is -0.0972. The van der Waals surface area contributed by atoms with E-state index in [4.69, 9.17) is 4.74 Å². The van der Waals surface area contributed by atoms with E-state index in [9.17, 15) is 4.79 Å². The Hall–Kier alpha value is -0.570. The molecule has 0 saturated carbocycles. The molecule has 3 heteroatoms. The molecule has 0 bridgehead atoms. The number of amides is 1. The highest BCUT2D eigenvalue weighted by molar-refractivity contribution is 5.89. The summed E-state index contributed by atoms with van der Waals surface area (Å²) >= 11 is 0. The summed E-state index contributed by atoms with van der Waals surface area (Å²) in [6.45, 7) is 2.22. The Bertz CT molecular complexity index is 149. The maximum Gasteiger partial charge on any atom is 0.230 e. The van der Waals surface area contributed by atoms with Gasteiger partial charge in [-0.05, 0) is 6.42 Å². The second-order valence-electron chi connectivity index (χ2n) is 2.77. The van der Waals surface area contributed by atoms with Crippen LogP contribution in [0.5, 0.6) is 0 Å². The highest BCUT2D eigenvalue weighted by Crippen LogP contribution is 2.33. The van der Waals surface area contributed by atoms with Crippen molar-refractivity contribution in [2.45, 2.75) is 6.42 Å². The lowest BCUT2D eigenvalue weighted by molar-refractivity contribution is -0.139. The summed E-state index contributed by atoms with van der Waals surface area (Å²) in [5.74, 6) is 0.181. The van der Waals surface area contributed by atoms with Crippen molar-refractivity contribution < 1.29 is 9.53 Å². The average Bonchev–Trinajstić information content (AvgIpc) is 2.34. The Morgan fingerprint density at radius 2 is 2.56 bits per heavy atom. The summed E-state index contributed by atoms with van der Waals surface area (Å²) in [6, 6.07) is 0. The standard InChI is InChI=1S/C6H9NO2/c8-5-6(3-7-5)1-2-9-4-6/h1-4H2,(H,7,8). The molecule has 1 spiro atoms. The number of hydrogen-bond acceptors (Lipinski definition) is 2. The second kappa shape index (κ2) is 1.48. The Balaban J connectivity index is 2.14. The minimum absolute atomic E-state index is 0.0972. The van der Waals surface area contributed by atoms with Crippen LogP contribution in [0.1, 0.15) is 6.42 Å². The molecule has 2 heterocycles. The molecule has 2 fully saturated rings. The molecule has 1 atom stereocenters. The Labute approximate surface area is 53.4 Å². The van der Waals surface area contributed by atoms with Gasteiger partial charge in [0.2, 0.25) is 5.91 Å². The average molecular weight is 127 g/mol. The van der Waals surface area contributed by atoms with Gasteiger partial charge in [-0.3, -0.25) is 4.79 Å². The van der Waals surface area contributed by atoms with E-state index < -0.39 is 0 Å². The first-order valence-electron chi connectivity index (χ1n) is 3.20. The maximum absolute atomic E-state index is 10.9. The van der Waals surface area contributed by atoms with Gasteiger partial charge in [0.05, 0.1) is 12.0 Å². The first-order chi connectivity index (χ1) is 4.33. The van der Waals surface area contributed by atoms with Gasteiger partial charge in [0, 0.05) is 13.2 Å². The normalized spacial score (nSPS) is 40.7. The van der Waals surface area contributed by atoms with Gasteiger partial charge in [-0.2, -0.15) is 0 Å². The fourth-order valence-corrected chi connectivity index (χ4v) is 1.34. The lowest BCUT2D eigenvalue weighted by Crippen LogP contribution is -2.59. The SMILES string of the molecule is O=C1NCC12CCOC2. The van der Waals surface area contributed by atoms with Gasteiger partial charge >= 0.3 is 0 Å². The molecular weight excluding hydrogens is 118 g/mol. The van der Waals surface area contributed by atoms with E-state index >= 15 is 0 Å². The predicted octanol–water partition coefficient (Wildman–Crippen LogP) is -0.477. The van der Waals surface area contributed by atoms with Crippen molar-refractivity contribution in [3.05, 3.63) is 0 Å². The van der Waals surface area contributed by atoms with E-state index in [-0.39, 0.29) is 11.3 Å². The van der Waals surface area contributed by atoms with Gasteiger partial charge in [0.1, 0.15) is 0 Å². The molecule has 0 radical (unpaired) electrons. The molecule has 2 rings (SSSR count). The van der Waals surface area contributed by atoms with Gasteiger partial charge in [-0.25, -0.2) is 0 Å². The molecule has 1 unspecified atom stereocenters. The monoisotopic (exact) mass is 127 g/mol. The summed E-state index contributed by atoms with van der Waals surface area (Å²) in [4.78, 5) is 10.9. The molecule has 0 aromatic rings. The highest BCUT2D eigenvalue weighted by Gasteiger charge is 2.48.